The van der Waals surface area contributed by atoms with Crippen molar-refractivity contribution in [2.75, 3.05) is 11.9 Å². The van der Waals surface area contributed by atoms with Crippen LogP contribution in [0.5, 0.6) is 0 Å². The summed E-state index contributed by atoms with van der Waals surface area (Å²) < 4.78 is 12.4. The van der Waals surface area contributed by atoms with Gasteiger partial charge in [0, 0.05) is 18.0 Å². The fourth-order valence-electron chi connectivity index (χ4n) is 0.666. The molecule has 1 rings (SSSR count). The van der Waals surface area contributed by atoms with Gasteiger partial charge in [0.15, 0.2) is 0 Å². The first-order valence-corrected chi connectivity index (χ1v) is 3.12. The average Bonchev–Trinajstić information content (AvgIpc) is 2.01. The lowest BCUT2D eigenvalue weighted by Crippen LogP contribution is -1.98. The molecule has 0 bridgehead atoms. The van der Waals surface area contributed by atoms with E-state index in [1.165, 1.54) is 12.3 Å². The Hall–Kier alpha value is -1.56. The Kier molecular flexibility index (Phi) is 2.45. The molecule has 2 nitrogen and oxygen atoms in total. The second kappa shape index (κ2) is 3.57. The SMILES string of the molecule is C#CCNc1ccnc(F)c1. The molecule has 1 N–H and O–H groups in total. The van der Waals surface area contributed by atoms with E-state index in [0.29, 0.717) is 12.2 Å². The van der Waals surface area contributed by atoms with Crippen LogP contribution in [0.2, 0.25) is 0 Å². The second-order valence-corrected chi connectivity index (χ2v) is 1.92. The second-order valence-electron chi connectivity index (χ2n) is 1.92. The van der Waals surface area contributed by atoms with Gasteiger partial charge in [0.25, 0.3) is 0 Å². The van der Waals surface area contributed by atoms with E-state index in [9.17, 15) is 4.39 Å². The summed E-state index contributed by atoms with van der Waals surface area (Å²) in [6.07, 6.45) is 6.38. The summed E-state index contributed by atoms with van der Waals surface area (Å²) in [4.78, 5) is 3.39. The fourth-order valence-corrected chi connectivity index (χ4v) is 0.666. The molecule has 0 saturated carbocycles. The number of rotatable bonds is 2. The summed E-state index contributed by atoms with van der Waals surface area (Å²) in [6.45, 7) is 0.392. The molecule has 0 aliphatic heterocycles. The lowest BCUT2D eigenvalue weighted by Gasteiger charge is -1.99. The molecule has 0 aliphatic carbocycles. The van der Waals surface area contributed by atoms with E-state index in [0.717, 1.165) is 0 Å². The minimum atomic E-state index is -0.507. The van der Waals surface area contributed by atoms with Gasteiger partial charge in [0.2, 0.25) is 5.95 Å². The molecule has 1 aromatic rings. The van der Waals surface area contributed by atoms with Crippen molar-refractivity contribution in [2.24, 2.45) is 0 Å². The number of terminal acetylenes is 1. The maximum Gasteiger partial charge on any atom is 0.214 e. The predicted molar refractivity (Wildman–Crippen MR) is 41.5 cm³/mol. The van der Waals surface area contributed by atoms with Gasteiger partial charge in [-0.05, 0) is 6.07 Å². The quantitative estimate of drug-likeness (QED) is 0.507. The standard InChI is InChI=1S/C8H7FN2/c1-2-4-10-7-3-5-11-8(9)6-7/h1,3,5-6H,4H2,(H,10,11). The summed E-state index contributed by atoms with van der Waals surface area (Å²) in [5.74, 6) is 1.87. The topological polar surface area (TPSA) is 24.9 Å². The third-order valence-corrected chi connectivity index (χ3v) is 1.12. The van der Waals surface area contributed by atoms with Crippen LogP contribution in [0.3, 0.4) is 0 Å². The van der Waals surface area contributed by atoms with Crippen molar-refractivity contribution in [2.45, 2.75) is 0 Å². The van der Waals surface area contributed by atoms with Crippen LogP contribution in [-0.2, 0) is 0 Å². The van der Waals surface area contributed by atoms with Crippen LogP contribution < -0.4 is 5.32 Å². The summed E-state index contributed by atoms with van der Waals surface area (Å²) >= 11 is 0. The largest absolute Gasteiger partial charge is 0.374 e. The minimum Gasteiger partial charge on any atom is -0.374 e. The molecule has 0 fully saturated rings. The number of hydrogen-bond acceptors (Lipinski definition) is 2. The van der Waals surface area contributed by atoms with Crippen LogP contribution in [0.1, 0.15) is 0 Å². The van der Waals surface area contributed by atoms with E-state index >= 15 is 0 Å². The normalized spacial score (nSPS) is 8.73. The maximum atomic E-state index is 12.4. The van der Waals surface area contributed by atoms with Crippen molar-refractivity contribution < 1.29 is 4.39 Å². The molecule has 1 heterocycles. The highest BCUT2D eigenvalue weighted by Gasteiger charge is 1.92. The van der Waals surface area contributed by atoms with Gasteiger partial charge in [-0.2, -0.15) is 4.39 Å². The Morgan fingerprint density at radius 3 is 3.18 bits per heavy atom. The number of hydrogen-bond donors (Lipinski definition) is 1. The molecule has 0 spiro atoms. The predicted octanol–water partition coefficient (Wildman–Crippen LogP) is 1.27. The monoisotopic (exact) mass is 150 g/mol. The van der Waals surface area contributed by atoms with Crippen molar-refractivity contribution in [3.8, 4) is 12.3 Å². The van der Waals surface area contributed by atoms with Crippen molar-refractivity contribution in [3.63, 3.8) is 0 Å². The average molecular weight is 150 g/mol. The molecule has 0 atom stereocenters. The first-order valence-electron chi connectivity index (χ1n) is 3.12. The molecule has 0 aromatic carbocycles. The van der Waals surface area contributed by atoms with E-state index in [1.54, 1.807) is 6.07 Å². The van der Waals surface area contributed by atoms with Crippen LogP contribution in [0.4, 0.5) is 10.1 Å². The zero-order valence-corrected chi connectivity index (χ0v) is 5.84. The molecule has 0 aliphatic rings. The molecule has 3 heteroatoms. The van der Waals surface area contributed by atoms with Crippen LogP contribution in [0.15, 0.2) is 18.3 Å². The highest BCUT2D eigenvalue weighted by atomic mass is 19.1. The van der Waals surface area contributed by atoms with Gasteiger partial charge in [-0.25, -0.2) is 4.98 Å². The first kappa shape index (κ1) is 7.55. The zero-order chi connectivity index (χ0) is 8.10. The van der Waals surface area contributed by atoms with Gasteiger partial charge < -0.3 is 5.32 Å². The number of pyridine rings is 1. The first-order chi connectivity index (χ1) is 5.33. The number of halogens is 1. The Morgan fingerprint density at radius 2 is 2.55 bits per heavy atom. The van der Waals surface area contributed by atoms with E-state index < -0.39 is 5.95 Å². The molecule has 1 aromatic heterocycles. The Labute approximate surface area is 64.5 Å². The molecule has 56 valence electrons. The third kappa shape index (κ3) is 2.26. The Bertz CT molecular complexity index is 278. The Morgan fingerprint density at radius 1 is 1.73 bits per heavy atom. The fraction of sp³-hybridized carbons (Fsp3) is 0.125. The van der Waals surface area contributed by atoms with Gasteiger partial charge in [0.1, 0.15) is 0 Å². The lowest BCUT2D eigenvalue weighted by molar-refractivity contribution is 0.584. The number of nitrogens with zero attached hydrogens (tertiary/aromatic N) is 1. The highest BCUT2D eigenvalue weighted by Crippen LogP contribution is 2.04. The summed E-state index contributed by atoms with van der Waals surface area (Å²) in [5, 5.41) is 2.82. The van der Waals surface area contributed by atoms with Crippen molar-refractivity contribution in [1.82, 2.24) is 4.98 Å². The van der Waals surface area contributed by atoms with Crippen molar-refractivity contribution >= 4 is 5.69 Å². The molecule has 0 radical (unpaired) electrons. The van der Waals surface area contributed by atoms with Gasteiger partial charge in [-0.1, -0.05) is 5.92 Å². The van der Waals surface area contributed by atoms with E-state index in [4.69, 9.17) is 6.42 Å². The van der Waals surface area contributed by atoms with Crippen molar-refractivity contribution in [1.29, 1.82) is 0 Å². The summed E-state index contributed by atoms with van der Waals surface area (Å²) in [5.41, 5.74) is 0.649. The maximum absolute atomic E-state index is 12.4. The molecule has 0 unspecified atom stereocenters. The molecule has 0 amide bonds. The van der Waals surface area contributed by atoms with Crippen LogP contribution >= 0.6 is 0 Å². The van der Waals surface area contributed by atoms with E-state index in [-0.39, 0.29) is 0 Å². The lowest BCUT2D eigenvalue weighted by atomic mass is 10.4. The molecule has 11 heavy (non-hydrogen) atoms. The smallest absolute Gasteiger partial charge is 0.214 e. The third-order valence-electron chi connectivity index (χ3n) is 1.12. The summed E-state index contributed by atoms with van der Waals surface area (Å²) in [6, 6.07) is 2.94. The van der Waals surface area contributed by atoms with Gasteiger partial charge >= 0.3 is 0 Å². The van der Waals surface area contributed by atoms with Crippen LogP contribution in [0.25, 0.3) is 0 Å². The van der Waals surface area contributed by atoms with Crippen LogP contribution in [0, 0.1) is 18.3 Å². The minimum absolute atomic E-state index is 0.392. The van der Waals surface area contributed by atoms with Gasteiger partial charge in [-0.3, -0.25) is 0 Å². The van der Waals surface area contributed by atoms with Gasteiger partial charge in [0.05, 0.1) is 6.54 Å². The Balaban J connectivity index is 2.65. The number of aromatic nitrogens is 1. The molecular weight excluding hydrogens is 143 g/mol. The number of nitrogens with one attached hydrogen (secondary N) is 1. The molecule has 0 saturated heterocycles. The van der Waals surface area contributed by atoms with E-state index in [1.807, 2.05) is 0 Å². The highest BCUT2D eigenvalue weighted by molar-refractivity contribution is 5.42. The number of anilines is 1. The van der Waals surface area contributed by atoms with Gasteiger partial charge in [-0.15, -0.1) is 6.42 Å². The van der Waals surface area contributed by atoms with Crippen LogP contribution in [-0.4, -0.2) is 11.5 Å². The van der Waals surface area contributed by atoms with E-state index in [2.05, 4.69) is 16.2 Å². The summed E-state index contributed by atoms with van der Waals surface area (Å²) in [7, 11) is 0. The molecular formula is C8H7FN2. The van der Waals surface area contributed by atoms with Crippen molar-refractivity contribution in [3.05, 3.63) is 24.3 Å². The zero-order valence-electron chi connectivity index (χ0n) is 5.84.